The van der Waals surface area contributed by atoms with Gasteiger partial charge in [0.05, 0.1) is 17.8 Å². The zero-order valence-electron chi connectivity index (χ0n) is 10.7. The van der Waals surface area contributed by atoms with Crippen molar-refractivity contribution in [3.63, 3.8) is 0 Å². The highest BCUT2D eigenvalue weighted by molar-refractivity contribution is 6.33. The minimum Gasteiger partial charge on any atom is -0.467 e. The average Bonchev–Trinajstić information content (AvgIpc) is 3.13. The molecule has 1 saturated carbocycles. The Morgan fingerprint density at radius 3 is 2.63 bits per heavy atom. The summed E-state index contributed by atoms with van der Waals surface area (Å²) in [5.74, 6) is -0.419. The highest BCUT2D eigenvalue weighted by atomic mass is 35.5. The first-order valence-electron chi connectivity index (χ1n) is 5.90. The first-order valence-corrected chi connectivity index (χ1v) is 6.28. The zero-order chi connectivity index (χ0) is 14.0. The molecule has 6 heteroatoms. The Bertz CT molecular complexity index is 527. The molecule has 5 nitrogen and oxygen atoms in total. The van der Waals surface area contributed by atoms with Gasteiger partial charge in [0, 0.05) is 0 Å². The van der Waals surface area contributed by atoms with Crippen LogP contribution in [0.4, 0.5) is 10.5 Å². The molecule has 0 unspecified atom stereocenters. The largest absolute Gasteiger partial charge is 0.467 e. The van der Waals surface area contributed by atoms with Crippen LogP contribution in [-0.4, -0.2) is 24.6 Å². The number of urea groups is 1. The molecule has 1 aromatic rings. The summed E-state index contributed by atoms with van der Waals surface area (Å²) in [6.07, 6.45) is 1.18. The summed E-state index contributed by atoms with van der Waals surface area (Å²) in [6, 6.07) is 4.86. The number of benzene rings is 1. The fourth-order valence-electron chi connectivity index (χ4n) is 1.81. The Hall–Kier alpha value is -1.75. The SMILES string of the molecule is COC(=O)C1(NC(=O)Nc2cc(C)ccc2Cl)CC1. The predicted octanol–water partition coefficient (Wildman–Crippen LogP) is 2.48. The van der Waals surface area contributed by atoms with Crippen molar-refractivity contribution < 1.29 is 14.3 Å². The summed E-state index contributed by atoms with van der Waals surface area (Å²) in [7, 11) is 1.30. The maximum atomic E-state index is 11.9. The average molecular weight is 283 g/mol. The van der Waals surface area contributed by atoms with E-state index in [9.17, 15) is 9.59 Å². The normalized spacial score (nSPS) is 15.5. The highest BCUT2D eigenvalue weighted by Gasteiger charge is 2.52. The number of esters is 1. The van der Waals surface area contributed by atoms with E-state index in [1.54, 1.807) is 12.1 Å². The third kappa shape index (κ3) is 2.98. The molecule has 0 radical (unpaired) electrons. The molecule has 2 amide bonds. The molecule has 0 bridgehead atoms. The monoisotopic (exact) mass is 282 g/mol. The minimum absolute atomic E-state index is 0.419. The molecule has 1 fully saturated rings. The van der Waals surface area contributed by atoms with E-state index in [4.69, 9.17) is 11.6 Å². The summed E-state index contributed by atoms with van der Waals surface area (Å²) in [4.78, 5) is 23.4. The molecule has 0 saturated heterocycles. The number of ether oxygens (including phenoxy) is 1. The van der Waals surface area contributed by atoms with Crippen LogP contribution in [0.5, 0.6) is 0 Å². The van der Waals surface area contributed by atoms with E-state index >= 15 is 0 Å². The minimum atomic E-state index is -0.866. The summed E-state index contributed by atoms with van der Waals surface area (Å²) in [5, 5.41) is 5.71. The Morgan fingerprint density at radius 1 is 1.37 bits per heavy atom. The highest BCUT2D eigenvalue weighted by Crippen LogP contribution is 2.36. The number of hydrogen-bond acceptors (Lipinski definition) is 3. The number of aryl methyl sites for hydroxylation is 1. The number of amides is 2. The smallest absolute Gasteiger partial charge is 0.331 e. The van der Waals surface area contributed by atoms with Crippen LogP contribution in [0, 0.1) is 6.92 Å². The zero-order valence-corrected chi connectivity index (χ0v) is 11.5. The van der Waals surface area contributed by atoms with Crippen LogP contribution in [0.25, 0.3) is 0 Å². The number of rotatable bonds is 3. The second kappa shape index (κ2) is 5.09. The van der Waals surface area contributed by atoms with Gasteiger partial charge in [-0.1, -0.05) is 17.7 Å². The van der Waals surface area contributed by atoms with E-state index in [0.29, 0.717) is 23.6 Å². The standard InChI is InChI=1S/C13H15ClN2O3/c1-8-3-4-9(14)10(7-8)15-12(18)16-13(5-6-13)11(17)19-2/h3-4,7H,5-6H2,1-2H3,(H2,15,16,18). The van der Waals surface area contributed by atoms with E-state index in [1.807, 2.05) is 13.0 Å². The Labute approximate surface area is 116 Å². The number of nitrogens with one attached hydrogen (secondary N) is 2. The second-order valence-electron chi connectivity index (χ2n) is 4.64. The van der Waals surface area contributed by atoms with Gasteiger partial charge >= 0.3 is 12.0 Å². The summed E-state index contributed by atoms with van der Waals surface area (Å²) in [5.41, 5.74) is 0.628. The lowest BCUT2D eigenvalue weighted by molar-refractivity contribution is -0.144. The molecule has 2 N–H and O–H groups in total. The van der Waals surface area contributed by atoms with Gasteiger partial charge in [-0.2, -0.15) is 0 Å². The van der Waals surface area contributed by atoms with Crippen molar-refractivity contribution in [2.45, 2.75) is 25.3 Å². The molecule has 0 atom stereocenters. The number of halogens is 1. The first-order chi connectivity index (χ1) is 8.97. The van der Waals surface area contributed by atoms with Crippen LogP contribution in [0.3, 0.4) is 0 Å². The second-order valence-corrected chi connectivity index (χ2v) is 5.04. The van der Waals surface area contributed by atoms with Crippen molar-refractivity contribution in [1.82, 2.24) is 5.32 Å². The number of methoxy groups -OCH3 is 1. The molecular weight excluding hydrogens is 268 g/mol. The van der Waals surface area contributed by atoms with E-state index in [2.05, 4.69) is 15.4 Å². The van der Waals surface area contributed by atoms with Crippen molar-refractivity contribution in [2.24, 2.45) is 0 Å². The quantitative estimate of drug-likeness (QED) is 0.837. The molecular formula is C13H15ClN2O3. The van der Waals surface area contributed by atoms with E-state index < -0.39 is 17.5 Å². The van der Waals surface area contributed by atoms with Gasteiger partial charge in [0.1, 0.15) is 5.54 Å². The molecule has 1 aliphatic rings. The number of hydrogen-bond donors (Lipinski definition) is 2. The van der Waals surface area contributed by atoms with Crippen molar-refractivity contribution in [3.8, 4) is 0 Å². The fraction of sp³-hybridized carbons (Fsp3) is 0.385. The fourth-order valence-corrected chi connectivity index (χ4v) is 1.97. The van der Waals surface area contributed by atoms with Gasteiger partial charge in [-0.15, -0.1) is 0 Å². The lowest BCUT2D eigenvalue weighted by Crippen LogP contribution is -2.45. The molecule has 19 heavy (non-hydrogen) atoms. The molecule has 0 spiro atoms. The van der Waals surface area contributed by atoms with Gasteiger partial charge in [0.25, 0.3) is 0 Å². The van der Waals surface area contributed by atoms with Gasteiger partial charge in [0.2, 0.25) is 0 Å². The van der Waals surface area contributed by atoms with E-state index in [1.165, 1.54) is 7.11 Å². The van der Waals surface area contributed by atoms with Gasteiger partial charge in [-0.25, -0.2) is 9.59 Å². The first kappa shape index (κ1) is 13.7. The third-order valence-electron chi connectivity index (χ3n) is 3.05. The van der Waals surface area contributed by atoms with Gasteiger partial charge in [-0.3, -0.25) is 0 Å². The van der Waals surface area contributed by atoms with Crippen LogP contribution in [0.1, 0.15) is 18.4 Å². The van der Waals surface area contributed by atoms with Crippen molar-refractivity contribution >= 4 is 29.3 Å². The predicted molar refractivity (Wildman–Crippen MR) is 72.3 cm³/mol. The Morgan fingerprint density at radius 2 is 2.05 bits per heavy atom. The van der Waals surface area contributed by atoms with E-state index in [0.717, 1.165) is 5.56 Å². The Kier molecular flexibility index (Phi) is 3.66. The van der Waals surface area contributed by atoms with Crippen LogP contribution in [-0.2, 0) is 9.53 Å². The molecule has 1 aromatic carbocycles. The Balaban J connectivity index is 2.02. The van der Waals surface area contributed by atoms with Crippen LogP contribution < -0.4 is 10.6 Å². The topological polar surface area (TPSA) is 67.4 Å². The third-order valence-corrected chi connectivity index (χ3v) is 3.38. The van der Waals surface area contributed by atoms with Crippen molar-refractivity contribution in [3.05, 3.63) is 28.8 Å². The molecule has 0 aromatic heterocycles. The molecule has 102 valence electrons. The lowest BCUT2D eigenvalue weighted by atomic mass is 10.2. The van der Waals surface area contributed by atoms with Crippen LogP contribution in [0.2, 0.25) is 5.02 Å². The summed E-state index contributed by atoms with van der Waals surface area (Å²) in [6.45, 7) is 1.90. The molecule has 2 rings (SSSR count). The van der Waals surface area contributed by atoms with Gasteiger partial charge < -0.3 is 15.4 Å². The van der Waals surface area contributed by atoms with Crippen molar-refractivity contribution in [2.75, 3.05) is 12.4 Å². The molecule has 0 aliphatic heterocycles. The maximum Gasteiger partial charge on any atom is 0.331 e. The van der Waals surface area contributed by atoms with Crippen LogP contribution >= 0.6 is 11.6 Å². The van der Waals surface area contributed by atoms with Gasteiger partial charge in [-0.05, 0) is 37.5 Å². The van der Waals surface area contributed by atoms with Gasteiger partial charge in [0.15, 0.2) is 0 Å². The number of carbonyl (C=O) groups is 2. The van der Waals surface area contributed by atoms with Crippen molar-refractivity contribution in [1.29, 1.82) is 0 Å². The van der Waals surface area contributed by atoms with E-state index in [-0.39, 0.29) is 0 Å². The molecule has 1 aliphatic carbocycles. The summed E-state index contributed by atoms with van der Waals surface area (Å²) < 4.78 is 4.66. The number of carbonyl (C=O) groups excluding carboxylic acids is 2. The lowest BCUT2D eigenvalue weighted by Gasteiger charge is -2.16. The van der Waals surface area contributed by atoms with Crippen LogP contribution in [0.15, 0.2) is 18.2 Å². The molecule has 0 heterocycles. The number of anilines is 1. The summed E-state index contributed by atoms with van der Waals surface area (Å²) >= 11 is 5.98. The maximum absolute atomic E-state index is 11.9.